The zero-order chi connectivity index (χ0) is 27.1. The molecule has 0 atom stereocenters. The standard InChI is InChI=1S/C32H41N3O3S/c36-32(29-23-31(24-13-7-3-1-4-8-14-24)34-30-18-12-11-17-28(29)30)33-25-19-21-27(22-20-25)39(37,38)35-26-15-9-5-2-6-10-16-26/h11-12,17-24,26,35H,1-10,13-16H2,(H,33,36). The molecule has 0 radical (unpaired) electrons. The summed E-state index contributed by atoms with van der Waals surface area (Å²) < 4.78 is 29.0. The van der Waals surface area contributed by atoms with Crippen molar-refractivity contribution in [2.45, 2.75) is 107 Å². The Hall–Kier alpha value is -2.77. The van der Waals surface area contributed by atoms with Gasteiger partial charge in [0.2, 0.25) is 10.0 Å². The fraction of sp³-hybridized carbons (Fsp3) is 0.500. The number of anilines is 1. The predicted molar refractivity (Wildman–Crippen MR) is 158 cm³/mol. The van der Waals surface area contributed by atoms with Gasteiger partial charge in [0.15, 0.2) is 0 Å². The van der Waals surface area contributed by atoms with Crippen LogP contribution in [-0.4, -0.2) is 25.4 Å². The lowest BCUT2D eigenvalue weighted by Crippen LogP contribution is -2.35. The number of nitrogens with zero attached hydrogens (tertiary/aromatic N) is 1. The van der Waals surface area contributed by atoms with Gasteiger partial charge in [-0.2, -0.15) is 0 Å². The van der Waals surface area contributed by atoms with Crippen LogP contribution in [0.2, 0.25) is 0 Å². The maximum atomic E-state index is 13.5. The minimum absolute atomic E-state index is 0.0123. The molecule has 1 aromatic heterocycles. The number of aromatic nitrogens is 1. The summed E-state index contributed by atoms with van der Waals surface area (Å²) in [5, 5.41) is 3.82. The van der Waals surface area contributed by atoms with Gasteiger partial charge in [-0.25, -0.2) is 13.1 Å². The molecule has 39 heavy (non-hydrogen) atoms. The Kier molecular flexibility index (Phi) is 9.30. The second-order valence-corrected chi connectivity index (χ2v) is 13.0. The number of rotatable bonds is 6. The average Bonchev–Trinajstić information content (AvgIpc) is 2.89. The third kappa shape index (κ3) is 7.25. The van der Waals surface area contributed by atoms with Gasteiger partial charge in [-0.15, -0.1) is 0 Å². The van der Waals surface area contributed by atoms with Crippen molar-refractivity contribution in [2.24, 2.45) is 0 Å². The van der Waals surface area contributed by atoms with Crippen molar-refractivity contribution in [1.29, 1.82) is 0 Å². The number of pyridine rings is 1. The van der Waals surface area contributed by atoms with Crippen LogP contribution in [0.1, 0.15) is 112 Å². The number of sulfonamides is 1. The van der Waals surface area contributed by atoms with Gasteiger partial charge in [0, 0.05) is 28.7 Å². The van der Waals surface area contributed by atoms with Crippen LogP contribution in [0.3, 0.4) is 0 Å². The van der Waals surface area contributed by atoms with E-state index in [4.69, 9.17) is 4.98 Å². The van der Waals surface area contributed by atoms with Crippen molar-refractivity contribution < 1.29 is 13.2 Å². The fourth-order valence-corrected chi connectivity index (χ4v) is 7.43. The largest absolute Gasteiger partial charge is 0.322 e. The van der Waals surface area contributed by atoms with Gasteiger partial charge in [-0.1, -0.05) is 82.4 Å². The number of amides is 1. The van der Waals surface area contributed by atoms with Crippen LogP contribution in [0.4, 0.5) is 5.69 Å². The summed E-state index contributed by atoms with van der Waals surface area (Å²) in [6.07, 6.45) is 15.9. The Morgan fingerprint density at radius 3 is 2.00 bits per heavy atom. The summed E-state index contributed by atoms with van der Waals surface area (Å²) in [6.45, 7) is 0. The first kappa shape index (κ1) is 27.8. The monoisotopic (exact) mass is 547 g/mol. The van der Waals surface area contributed by atoms with Crippen molar-refractivity contribution in [3.8, 4) is 0 Å². The second-order valence-electron chi connectivity index (χ2n) is 11.3. The zero-order valence-corrected chi connectivity index (χ0v) is 23.6. The Morgan fingerprint density at radius 2 is 1.33 bits per heavy atom. The molecule has 5 rings (SSSR count). The minimum Gasteiger partial charge on any atom is -0.322 e. The molecule has 0 aliphatic heterocycles. The SMILES string of the molecule is O=C(Nc1ccc(S(=O)(=O)NC2CCCCCCC2)cc1)c1cc(C2CCCCCCC2)nc2ccccc12. The lowest BCUT2D eigenvalue weighted by Gasteiger charge is -2.21. The molecular weight excluding hydrogens is 506 g/mol. The lowest BCUT2D eigenvalue weighted by molar-refractivity contribution is 0.102. The highest BCUT2D eigenvalue weighted by Gasteiger charge is 2.22. The van der Waals surface area contributed by atoms with Crippen LogP contribution in [0, 0.1) is 0 Å². The van der Waals surface area contributed by atoms with Crippen molar-refractivity contribution in [1.82, 2.24) is 9.71 Å². The third-order valence-corrected chi connectivity index (χ3v) is 9.89. The maximum Gasteiger partial charge on any atom is 0.256 e. The van der Waals surface area contributed by atoms with Crippen molar-refractivity contribution in [3.63, 3.8) is 0 Å². The molecule has 7 heteroatoms. The van der Waals surface area contributed by atoms with E-state index in [-0.39, 0.29) is 16.8 Å². The summed E-state index contributed by atoms with van der Waals surface area (Å²) in [7, 11) is -3.61. The van der Waals surface area contributed by atoms with Crippen molar-refractivity contribution >= 4 is 32.5 Å². The van der Waals surface area contributed by atoms with Gasteiger partial charge in [0.05, 0.1) is 16.0 Å². The van der Waals surface area contributed by atoms with Crippen LogP contribution in [0.25, 0.3) is 10.9 Å². The highest BCUT2D eigenvalue weighted by Crippen LogP contribution is 2.32. The summed E-state index contributed by atoms with van der Waals surface area (Å²) in [5.41, 5.74) is 3.02. The molecule has 2 aliphatic carbocycles. The molecule has 2 N–H and O–H groups in total. The second kappa shape index (κ2) is 13.1. The van der Waals surface area contributed by atoms with E-state index in [2.05, 4.69) is 10.0 Å². The predicted octanol–water partition coefficient (Wildman–Crippen LogP) is 7.71. The summed E-state index contributed by atoms with van der Waals surface area (Å²) >= 11 is 0. The molecule has 0 saturated heterocycles. The topological polar surface area (TPSA) is 88.2 Å². The molecule has 0 bridgehead atoms. The first-order valence-electron chi connectivity index (χ1n) is 14.8. The quantitative estimate of drug-likeness (QED) is 0.331. The molecule has 2 fully saturated rings. The van der Waals surface area contributed by atoms with Gasteiger partial charge in [0.25, 0.3) is 5.91 Å². The van der Waals surface area contributed by atoms with Gasteiger partial charge in [0.1, 0.15) is 0 Å². The first-order valence-corrected chi connectivity index (χ1v) is 16.3. The van der Waals surface area contributed by atoms with Crippen LogP contribution < -0.4 is 10.0 Å². The number of carbonyl (C=O) groups excluding carboxylic acids is 1. The van der Waals surface area contributed by atoms with Gasteiger partial charge in [-0.3, -0.25) is 9.78 Å². The molecule has 1 heterocycles. The summed E-state index contributed by atoms with van der Waals surface area (Å²) in [5.74, 6) is 0.167. The number of benzene rings is 2. The Morgan fingerprint density at radius 1 is 0.744 bits per heavy atom. The van der Waals surface area contributed by atoms with Crippen molar-refractivity contribution in [3.05, 3.63) is 65.9 Å². The Balaban J connectivity index is 1.32. The van der Waals surface area contributed by atoms with Gasteiger partial charge >= 0.3 is 0 Å². The van der Waals surface area contributed by atoms with Gasteiger partial charge < -0.3 is 5.32 Å². The van der Waals surface area contributed by atoms with Crippen LogP contribution in [0.5, 0.6) is 0 Å². The number of hydrogen-bond acceptors (Lipinski definition) is 4. The molecule has 0 unspecified atom stereocenters. The summed E-state index contributed by atoms with van der Waals surface area (Å²) in [6, 6.07) is 16.3. The van der Waals surface area contributed by atoms with E-state index in [1.807, 2.05) is 30.3 Å². The van der Waals surface area contributed by atoms with E-state index < -0.39 is 10.0 Å². The van der Waals surface area contributed by atoms with E-state index in [0.717, 1.165) is 55.1 Å². The third-order valence-electron chi connectivity index (χ3n) is 8.35. The normalized spacial score (nSPS) is 18.6. The molecule has 208 valence electrons. The Labute approximate surface area is 233 Å². The number of para-hydroxylation sites is 1. The van der Waals surface area contributed by atoms with Gasteiger partial charge in [-0.05, 0) is 62.1 Å². The molecule has 1 amide bonds. The number of nitrogens with one attached hydrogen (secondary N) is 2. The van der Waals surface area contributed by atoms with E-state index in [1.54, 1.807) is 24.3 Å². The molecule has 3 aromatic rings. The van der Waals surface area contributed by atoms with E-state index in [1.165, 1.54) is 51.4 Å². The number of carbonyl (C=O) groups is 1. The maximum absolute atomic E-state index is 13.5. The minimum atomic E-state index is -3.61. The summed E-state index contributed by atoms with van der Waals surface area (Å²) in [4.78, 5) is 18.7. The van der Waals surface area contributed by atoms with E-state index >= 15 is 0 Å². The molecule has 0 spiro atoms. The lowest BCUT2D eigenvalue weighted by atomic mass is 9.87. The highest BCUT2D eigenvalue weighted by atomic mass is 32.2. The molecule has 2 aromatic carbocycles. The van der Waals surface area contributed by atoms with Crippen LogP contribution in [0.15, 0.2) is 59.5 Å². The first-order chi connectivity index (χ1) is 19.0. The fourth-order valence-electron chi connectivity index (χ4n) is 6.12. The molecule has 2 saturated carbocycles. The zero-order valence-electron chi connectivity index (χ0n) is 22.8. The van der Waals surface area contributed by atoms with E-state index in [9.17, 15) is 13.2 Å². The molecule has 2 aliphatic rings. The number of fused-ring (bicyclic) bond motifs is 1. The molecular formula is C32H41N3O3S. The van der Waals surface area contributed by atoms with Crippen LogP contribution in [-0.2, 0) is 10.0 Å². The number of hydrogen-bond donors (Lipinski definition) is 2. The highest BCUT2D eigenvalue weighted by molar-refractivity contribution is 7.89. The van der Waals surface area contributed by atoms with Crippen LogP contribution >= 0.6 is 0 Å². The smallest absolute Gasteiger partial charge is 0.256 e. The Bertz CT molecular complexity index is 1360. The molecule has 6 nitrogen and oxygen atoms in total. The average molecular weight is 548 g/mol. The van der Waals surface area contributed by atoms with Crippen molar-refractivity contribution in [2.75, 3.05) is 5.32 Å². The van der Waals surface area contributed by atoms with E-state index in [0.29, 0.717) is 17.2 Å².